The van der Waals surface area contributed by atoms with E-state index >= 15 is 0 Å². The smallest absolute Gasteiger partial charge is 0.335 e. The lowest BCUT2D eigenvalue weighted by atomic mass is 9.70. The molecule has 2 rings (SSSR count). The summed E-state index contributed by atoms with van der Waals surface area (Å²) >= 11 is 11.9. The molecular formula is C14H16Cl2N2O3. The molecule has 0 aliphatic heterocycles. The molecule has 21 heavy (non-hydrogen) atoms. The van der Waals surface area contributed by atoms with Crippen molar-refractivity contribution in [2.24, 2.45) is 5.41 Å². The second-order valence-corrected chi connectivity index (χ2v) is 6.41. The van der Waals surface area contributed by atoms with Crippen molar-refractivity contribution in [3.05, 3.63) is 27.7 Å². The number of carbonyl (C=O) groups excluding carboxylic acids is 1. The van der Waals surface area contributed by atoms with Crippen LogP contribution in [-0.2, 0) is 0 Å². The van der Waals surface area contributed by atoms with Crippen molar-refractivity contribution < 1.29 is 14.7 Å². The first-order valence-electron chi connectivity index (χ1n) is 6.58. The number of hydrogen-bond acceptors (Lipinski definition) is 2. The predicted molar refractivity (Wildman–Crippen MR) is 82.4 cm³/mol. The molecule has 2 amide bonds. The topological polar surface area (TPSA) is 78.4 Å². The fraction of sp³-hybridized carbons (Fsp3) is 0.429. The molecule has 0 spiro atoms. The Labute approximate surface area is 132 Å². The van der Waals surface area contributed by atoms with Gasteiger partial charge in [-0.15, -0.1) is 0 Å². The van der Waals surface area contributed by atoms with Gasteiger partial charge in [-0.05, 0) is 30.4 Å². The molecule has 0 heterocycles. The zero-order valence-corrected chi connectivity index (χ0v) is 13.0. The third-order valence-corrected chi connectivity index (χ3v) is 4.36. The summed E-state index contributed by atoms with van der Waals surface area (Å²) in [6, 6.07) is 2.09. The molecule has 1 saturated carbocycles. The molecule has 0 saturated heterocycles. The summed E-state index contributed by atoms with van der Waals surface area (Å²) in [7, 11) is 0. The van der Waals surface area contributed by atoms with E-state index in [1.807, 2.05) is 0 Å². The van der Waals surface area contributed by atoms with E-state index in [1.165, 1.54) is 18.6 Å². The fourth-order valence-electron chi connectivity index (χ4n) is 2.22. The van der Waals surface area contributed by atoms with Gasteiger partial charge >= 0.3 is 12.0 Å². The van der Waals surface area contributed by atoms with E-state index in [0.29, 0.717) is 6.54 Å². The van der Waals surface area contributed by atoms with E-state index in [1.54, 1.807) is 0 Å². The van der Waals surface area contributed by atoms with Crippen LogP contribution in [0.15, 0.2) is 12.1 Å². The lowest BCUT2D eigenvalue weighted by Gasteiger charge is -2.38. The average molecular weight is 331 g/mol. The Morgan fingerprint density at radius 2 is 1.86 bits per heavy atom. The molecule has 1 aliphatic carbocycles. The van der Waals surface area contributed by atoms with Crippen LogP contribution in [0.25, 0.3) is 0 Å². The summed E-state index contributed by atoms with van der Waals surface area (Å²) < 4.78 is 0. The van der Waals surface area contributed by atoms with Gasteiger partial charge in [0.15, 0.2) is 0 Å². The maximum absolute atomic E-state index is 11.9. The Morgan fingerprint density at radius 1 is 1.29 bits per heavy atom. The maximum Gasteiger partial charge on any atom is 0.335 e. The normalized spacial score (nSPS) is 16.0. The van der Waals surface area contributed by atoms with Gasteiger partial charge in [0.2, 0.25) is 0 Å². The maximum atomic E-state index is 11.9. The molecule has 114 valence electrons. The van der Waals surface area contributed by atoms with Crippen LogP contribution < -0.4 is 10.6 Å². The number of carboxylic acid groups (broad SMARTS) is 1. The standard InChI is InChI=1S/C14H16Cl2N2O3/c1-14(3-2-4-14)7-17-13(21)18-11-9(15)5-8(12(19)20)6-10(11)16/h5-6H,2-4,7H2,1H3,(H,19,20)(H2,17,18,21). The summed E-state index contributed by atoms with van der Waals surface area (Å²) in [5.41, 5.74) is 0.343. The van der Waals surface area contributed by atoms with Gasteiger partial charge in [-0.1, -0.05) is 36.5 Å². The number of hydrogen-bond donors (Lipinski definition) is 3. The molecule has 1 aromatic rings. The highest BCUT2D eigenvalue weighted by Crippen LogP contribution is 2.39. The van der Waals surface area contributed by atoms with E-state index in [-0.39, 0.29) is 26.7 Å². The van der Waals surface area contributed by atoms with Crippen LogP contribution in [0.3, 0.4) is 0 Å². The summed E-state index contributed by atoms with van der Waals surface area (Å²) in [6.07, 6.45) is 3.39. The molecule has 7 heteroatoms. The van der Waals surface area contributed by atoms with Crippen LogP contribution in [0.1, 0.15) is 36.5 Å². The van der Waals surface area contributed by atoms with Crippen LogP contribution in [0.2, 0.25) is 10.0 Å². The van der Waals surface area contributed by atoms with Crippen LogP contribution in [0, 0.1) is 5.41 Å². The molecule has 0 bridgehead atoms. The molecule has 1 fully saturated rings. The number of benzene rings is 1. The first kappa shape index (κ1) is 15.9. The van der Waals surface area contributed by atoms with Crippen molar-refractivity contribution in [3.8, 4) is 0 Å². The molecule has 1 aromatic carbocycles. The van der Waals surface area contributed by atoms with Crippen LogP contribution in [-0.4, -0.2) is 23.7 Å². The van der Waals surface area contributed by atoms with Crippen molar-refractivity contribution in [3.63, 3.8) is 0 Å². The van der Waals surface area contributed by atoms with Crippen LogP contribution >= 0.6 is 23.2 Å². The number of rotatable bonds is 4. The molecule has 0 aromatic heterocycles. The number of carbonyl (C=O) groups is 2. The van der Waals surface area contributed by atoms with E-state index < -0.39 is 12.0 Å². The number of nitrogens with one attached hydrogen (secondary N) is 2. The minimum absolute atomic E-state index is 0.0297. The first-order chi connectivity index (χ1) is 9.81. The SMILES string of the molecule is CC1(CNC(=O)Nc2c(Cl)cc(C(=O)O)cc2Cl)CCC1. The average Bonchev–Trinajstić information content (AvgIpc) is 2.38. The zero-order chi connectivity index (χ0) is 15.6. The number of amides is 2. The Kier molecular flexibility index (Phi) is 4.64. The third kappa shape index (κ3) is 3.80. The van der Waals surface area contributed by atoms with Gasteiger partial charge in [0, 0.05) is 6.54 Å². The fourth-order valence-corrected chi connectivity index (χ4v) is 2.81. The van der Waals surface area contributed by atoms with Crippen molar-refractivity contribution in [2.45, 2.75) is 26.2 Å². The highest BCUT2D eigenvalue weighted by Gasteiger charge is 2.31. The molecule has 0 unspecified atom stereocenters. The number of aromatic carboxylic acids is 1. The van der Waals surface area contributed by atoms with Gasteiger partial charge in [0.05, 0.1) is 21.3 Å². The number of urea groups is 1. The molecule has 0 atom stereocenters. The highest BCUT2D eigenvalue weighted by molar-refractivity contribution is 6.40. The van der Waals surface area contributed by atoms with E-state index in [9.17, 15) is 9.59 Å². The monoisotopic (exact) mass is 330 g/mol. The van der Waals surface area contributed by atoms with Crippen molar-refractivity contribution >= 4 is 40.9 Å². The van der Waals surface area contributed by atoms with Gasteiger partial charge in [-0.3, -0.25) is 0 Å². The third-order valence-electron chi connectivity index (χ3n) is 3.76. The van der Waals surface area contributed by atoms with E-state index in [4.69, 9.17) is 28.3 Å². The van der Waals surface area contributed by atoms with Gasteiger partial charge in [-0.2, -0.15) is 0 Å². The second kappa shape index (κ2) is 6.12. The largest absolute Gasteiger partial charge is 0.478 e. The van der Waals surface area contributed by atoms with E-state index in [0.717, 1.165) is 12.8 Å². The van der Waals surface area contributed by atoms with Gasteiger partial charge in [-0.25, -0.2) is 9.59 Å². The summed E-state index contributed by atoms with van der Waals surface area (Å²) in [5.74, 6) is -1.13. The van der Waals surface area contributed by atoms with Gasteiger partial charge in [0.1, 0.15) is 0 Å². The summed E-state index contributed by atoms with van der Waals surface area (Å²) in [6.45, 7) is 2.71. The lowest BCUT2D eigenvalue weighted by molar-refractivity contribution is 0.0697. The van der Waals surface area contributed by atoms with Crippen molar-refractivity contribution in [1.29, 1.82) is 0 Å². The highest BCUT2D eigenvalue weighted by atomic mass is 35.5. The Balaban J connectivity index is 2.01. The zero-order valence-electron chi connectivity index (χ0n) is 11.5. The summed E-state index contributed by atoms with van der Waals surface area (Å²) in [5, 5.41) is 14.4. The minimum Gasteiger partial charge on any atom is -0.478 e. The number of anilines is 1. The minimum atomic E-state index is -1.13. The molecule has 5 nitrogen and oxygen atoms in total. The van der Waals surface area contributed by atoms with Crippen LogP contribution in [0.5, 0.6) is 0 Å². The first-order valence-corrected chi connectivity index (χ1v) is 7.33. The Bertz CT molecular complexity index is 563. The Hall–Kier alpha value is -1.46. The number of halogens is 2. The van der Waals surface area contributed by atoms with Crippen LogP contribution in [0.4, 0.5) is 10.5 Å². The summed E-state index contributed by atoms with van der Waals surface area (Å²) in [4.78, 5) is 22.7. The van der Waals surface area contributed by atoms with E-state index in [2.05, 4.69) is 17.6 Å². The van der Waals surface area contributed by atoms with Gasteiger partial charge < -0.3 is 15.7 Å². The van der Waals surface area contributed by atoms with Gasteiger partial charge in [0.25, 0.3) is 0 Å². The molecular weight excluding hydrogens is 315 g/mol. The predicted octanol–water partition coefficient (Wildman–Crippen LogP) is 4.00. The van der Waals surface area contributed by atoms with Crippen molar-refractivity contribution in [1.82, 2.24) is 5.32 Å². The quantitative estimate of drug-likeness (QED) is 0.780. The molecule has 3 N–H and O–H groups in total. The van der Waals surface area contributed by atoms with Crippen molar-refractivity contribution in [2.75, 3.05) is 11.9 Å². The lowest BCUT2D eigenvalue weighted by Crippen LogP contribution is -2.41. The Morgan fingerprint density at radius 3 is 2.29 bits per heavy atom. The number of carboxylic acids is 1. The second-order valence-electron chi connectivity index (χ2n) is 5.59. The molecule has 1 aliphatic rings. The molecule has 0 radical (unpaired) electrons.